The van der Waals surface area contributed by atoms with Gasteiger partial charge >= 0.3 is 0 Å². The minimum Gasteiger partial charge on any atom is -0.494 e. The zero-order valence-electron chi connectivity index (χ0n) is 11.7. The van der Waals surface area contributed by atoms with Crippen molar-refractivity contribution in [3.05, 3.63) is 49.4 Å². The summed E-state index contributed by atoms with van der Waals surface area (Å²) in [6.45, 7) is 0.734. The number of rotatable bonds is 2. The molecule has 0 saturated carbocycles. The molecule has 0 bridgehead atoms. The SMILES string of the molecule is COc1c(Cl)ccc(Cl)c1C(=O)N1CCc2c([nH][nH]c2=O)C1. The smallest absolute Gasteiger partial charge is 0.267 e. The quantitative estimate of drug-likeness (QED) is 0.878. The summed E-state index contributed by atoms with van der Waals surface area (Å²) < 4.78 is 5.21. The lowest BCUT2D eigenvalue weighted by atomic mass is 10.1. The van der Waals surface area contributed by atoms with E-state index >= 15 is 0 Å². The fourth-order valence-corrected chi connectivity index (χ4v) is 3.06. The summed E-state index contributed by atoms with van der Waals surface area (Å²) in [6.07, 6.45) is 0.487. The number of nitrogens with zero attached hydrogens (tertiary/aromatic N) is 1. The highest BCUT2D eigenvalue weighted by atomic mass is 35.5. The molecule has 2 heterocycles. The molecule has 1 amide bonds. The van der Waals surface area contributed by atoms with Crippen LogP contribution in [-0.2, 0) is 13.0 Å². The number of methoxy groups -OCH3 is 1. The molecule has 3 rings (SSSR count). The second-order valence-electron chi connectivity index (χ2n) is 4.95. The van der Waals surface area contributed by atoms with E-state index in [-0.39, 0.29) is 27.8 Å². The van der Waals surface area contributed by atoms with Gasteiger partial charge in [-0.3, -0.25) is 14.7 Å². The molecular weight excluding hydrogens is 329 g/mol. The number of amides is 1. The third kappa shape index (κ3) is 2.38. The molecule has 1 aromatic carbocycles. The number of nitrogens with one attached hydrogen (secondary N) is 2. The van der Waals surface area contributed by atoms with Crippen LogP contribution < -0.4 is 10.3 Å². The first-order chi connectivity index (χ1) is 10.5. The molecule has 0 saturated heterocycles. The van der Waals surface area contributed by atoms with Crippen molar-refractivity contribution in [1.82, 2.24) is 15.1 Å². The van der Waals surface area contributed by atoms with Crippen LogP contribution in [0.1, 0.15) is 21.6 Å². The molecule has 2 N–H and O–H groups in total. The number of carbonyl (C=O) groups is 1. The normalized spacial score (nSPS) is 13.9. The Balaban J connectivity index is 1.96. The number of halogens is 2. The maximum Gasteiger partial charge on any atom is 0.267 e. The van der Waals surface area contributed by atoms with Crippen LogP contribution in [0.5, 0.6) is 5.75 Å². The van der Waals surface area contributed by atoms with Gasteiger partial charge in [-0.1, -0.05) is 23.2 Å². The predicted octanol–water partition coefficient (Wildman–Crippen LogP) is 2.22. The fraction of sp³-hybridized carbons (Fsp3) is 0.286. The third-order valence-corrected chi connectivity index (χ3v) is 4.32. The van der Waals surface area contributed by atoms with Crippen molar-refractivity contribution in [1.29, 1.82) is 0 Å². The van der Waals surface area contributed by atoms with E-state index < -0.39 is 0 Å². The molecule has 1 aliphatic heterocycles. The maximum atomic E-state index is 12.8. The van der Waals surface area contributed by atoms with Gasteiger partial charge in [-0.15, -0.1) is 0 Å². The Morgan fingerprint density at radius 2 is 2.00 bits per heavy atom. The van der Waals surface area contributed by atoms with Crippen LogP contribution in [0.3, 0.4) is 0 Å². The summed E-state index contributed by atoms with van der Waals surface area (Å²) in [6, 6.07) is 3.14. The number of H-pyrrole nitrogens is 2. The molecule has 0 unspecified atom stereocenters. The van der Waals surface area contributed by atoms with Crippen LogP contribution >= 0.6 is 23.2 Å². The van der Waals surface area contributed by atoms with E-state index in [4.69, 9.17) is 27.9 Å². The highest BCUT2D eigenvalue weighted by molar-refractivity contribution is 6.37. The van der Waals surface area contributed by atoms with Gasteiger partial charge in [0.15, 0.2) is 5.75 Å². The van der Waals surface area contributed by atoms with Gasteiger partial charge in [0.2, 0.25) is 0 Å². The van der Waals surface area contributed by atoms with E-state index in [0.29, 0.717) is 35.8 Å². The van der Waals surface area contributed by atoms with Crippen molar-refractivity contribution >= 4 is 29.1 Å². The minimum atomic E-state index is -0.281. The first kappa shape index (κ1) is 15.0. The number of fused-ring (bicyclic) bond motifs is 1. The zero-order chi connectivity index (χ0) is 15.9. The highest BCUT2D eigenvalue weighted by Gasteiger charge is 2.28. The van der Waals surface area contributed by atoms with Crippen LogP contribution in [0.4, 0.5) is 0 Å². The highest BCUT2D eigenvalue weighted by Crippen LogP contribution is 2.35. The predicted molar refractivity (Wildman–Crippen MR) is 82.9 cm³/mol. The molecule has 8 heteroatoms. The summed E-state index contributed by atoms with van der Waals surface area (Å²) in [5.41, 5.74) is 1.49. The Morgan fingerprint density at radius 3 is 2.73 bits per heavy atom. The number of ether oxygens (including phenoxy) is 1. The summed E-state index contributed by atoms with van der Waals surface area (Å²) in [5, 5.41) is 5.93. The topological polar surface area (TPSA) is 78.2 Å². The van der Waals surface area contributed by atoms with Crippen LogP contribution in [0.2, 0.25) is 10.0 Å². The van der Waals surface area contributed by atoms with Gasteiger partial charge in [0.05, 0.1) is 29.4 Å². The summed E-state index contributed by atoms with van der Waals surface area (Å²) in [5.74, 6) is -0.0235. The Morgan fingerprint density at radius 1 is 1.27 bits per heavy atom. The van der Waals surface area contributed by atoms with E-state index in [1.165, 1.54) is 7.11 Å². The Labute approximate surface area is 136 Å². The molecule has 0 aliphatic carbocycles. The number of aromatic amines is 2. The number of benzene rings is 1. The van der Waals surface area contributed by atoms with E-state index in [1.54, 1.807) is 17.0 Å². The first-order valence-corrected chi connectivity index (χ1v) is 7.38. The third-order valence-electron chi connectivity index (χ3n) is 3.71. The molecule has 0 radical (unpaired) electrons. The largest absolute Gasteiger partial charge is 0.494 e. The number of aromatic nitrogens is 2. The lowest BCUT2D eigenvalue weighted by Gasteiger charge is -2.27. The average Bonchev–Trinajstić information content (AvgIpc) is 2.89. The van der Waals surface area contributed by atoms with E-state index in [9.17, 15) is 9.59 Å². The monoisotopic (exact) mass is 341 g/mol. The van der Waals surface area contributed by atoms with E-state index in [1.807, 2.05) is 0 Å². The molecule has 1 aliphatic rings. The molecule has 1 aromatic heterocycles. The Kier molecular flexibility index (Phi) is 3.88. The average molecular weight is 342 g/mol. The second-order valence-corrected chi connectivity index (χ2v) is 5.76. The van der Waals surface area contributed by atoms with Crippen molar-refractivity contribution < 1.29 is 9.53 Å². The van der Waals surface area contributed by atoms with Crippen molar-refractivity contribution in [2.45, 2.75) is 13.0 Å². The molecule has 0 spiro atoms. The Hall–Kier alpha value is -1.92. The first-order valence-electron chi connectivity index (χ1n) is 6.62. The minimum absolute atomic E-state index is 0.138. The van der Waals surface area contributed by atoms with E-state index in [0.717, 1.165) is 0 Å². The van der Waals surface area contributed by atoms with Gasteiger partial charge in [0, 0.05) is 12.1 Å². The van der Waals surface area contributed by atoms with Crippen molar-refractivity contribution in [2.24, 2.45) is 0 Å². The van der Waals surface area contributed by atoms with Crippen LogP contribution in [0.25, 0.3) is 0 Å². The van der Waals surface area contributed by atoms with Gasteiger partial charge < -0.3 is 14.7 Å². The molecule has 116 valence electrons. The van der Waals surface area contributed by atoms with Crippen LogP contribution in [0.15, 0.2) is 16.9 Å². The Bertz CT molecular complexity index is 797. The molecular formula is C14H13Cl2N3O3. The van der Waals surface area contributed by atoms with E-state index in [2.05, 4.69) is 10.2 Å². The van der Waals surface area contributed by atoms with Gasteiger partial charge in [0.1, 0.15) is 5.56 Å². The molecule has 6 nitrogen and oxygen atoms in total. The van der Waals surface area contributed by atoms with Crippen molar-refractivity contribution in [3.63, 3.8) is 0 Å². The number of hydrogen-bond donors (Lipinski definition) is 2. The number of hydrogen-bond acceptors (Lipinski definition) is 3. The second kappa shape index (κ2) is 5.70. The summed E-state index contributed by atoms with van der Waals surface area (Å²) >= 11 is 12.2. The maximum absolute atomic E-state index is 12.8. The van der Waals surface area contributed by atoms with Gasteiger partial charge in [0.25, 0.3) is 11.5 Å². The van der Waals surface area contributed by atoms with Crippen LogP contribution in [0, 0.1) is 0 Å². The molecule has 0 atom stereocenters. The van der Waals surface area contributed by atoms with Gasteiger partial charge in [-0.2, -0.15) is 0 Å². The lowest BCUT2D eigenvalue weighted by molar-refractivity contribution is 0.0729. The van der Waals surface area contributed by atoms with Crippen molar-refractivity contribution in [3.8, 4) is 5.75 Å². The molecule has 22 heavy (non-hydrogen) atoms. The summed E-state index contributed by atoms with van der Waals surface area (Å²) in [7, 11) is 1.44. The zero-order valence-corrected chi connectivity index (χ0v) is 13.2. The van der Waals surface area contributed by atoms with Crippen molar-refractivity contribution in [2.75, 3.05) is 13.7 Å². The number of carbonyl (C=O) groups excluding carboxylic acids is 1. The summed E-state index contributed by atoms with van der Waals surface area (Å²) in [4.78, 5) is 25.9. The standard InChI is InChI=1S/C14H13Cl2N3O3/c1-22-12-9(16)3-2-8(15)11(12)14(21)19-5-4-7-10(6-19)17-18-13(7)20/h2-3H,4-6H2,1H3,(H2,17,18,20). The van der Waals surface area contributed by atoms with Gasteiger partial charge in [-0.05, 0) is 18.6 Å². The molecule has 0 fully saturated rings. The lowest BCUT2D eigenvalue weighted by Crippen LogP contribution is -2.37. The molecule has 2 aromatic rings. The van der Waals surface area contributed by atoms with Gasteiger partial charge in [-0.25, -0.2) is 0 Å². The van der Waals surface area contributed by atoms with Crippen LogP contribution in [-0.4, -0.2) is 34.7 Å². The fourth-order valence-electron chi connectivity index (χ4n) is 2.60.